The van der Waals surface area contributed by atoms with Crippen molar-refractivity contribution in [3.63, 3.8) is 0 Å². The maximum absolute atomic E-state index is 13.4. The summed E-state index contributed by atoms with van der Waals surface area (Å²) >= 11 is 4.32. The molecule has 0 aliphatic heterocycles. The summed E-state index contributed by atoms with van der Waals surface area (Å²) in [6.45, 7) is 5.61. The van der Waals surface area contributed by atoms with E-state index in [1.165, 1.54) is 12.1 Å². The molecule has 8 nitrogen and oxygen atoms in total. The summed E-state index contributed by atoms with van der Waals surface area (Å²) in [6, 6.07) is 13.3. The van der Waals surface area contributed by atoms with Gasteiger partial charge in [-0.2, -0.15) is 0 Å². The Labute approximate surface area is 310 Å². The fourth-order valence-corrected chi connectivity index (χ4v) is 7.09. The van der Waals surface area contributed by atoms with E-state index in [-0.39, 0.29) is 0 Å². The van der Waals surface area contributed by atoms with Crippen LogP contribution in [0, 0.1) is 56.9 Å². The van der Waals surface area contributed by atoms with Gasteiger partial charge in [0.2, 0.25) is 0 Å². The fraction of sp³-hybridized carbons (Fsp3) is 0.333. The minimum absolute atomic E-state index is 0.367. The number of rotatable bonds is 14. The summed E-state index contributed by atoms with van der Waals surface area (Å²) in [4.78, 5) is 0. The van der Waals surface area contributed by atoms with Crippen LogP contribution in [-0.4, -0.2) is 28.5 Å². The molecule has 6 aromatic rings. The predicted octanol–water partition coefficient (Wildman–Crippen LogP) is 7.02. The molecule has 0 amide bonds. The summed E-state index contributed by atoms with van der Waals surface area (Å²) in [5, 5.41) is 16.2. The first-order chi connectivity index (χ1) is 24.0. The zero-order valence-corrected chi connectivity index (χ0v) is 32.1. The normalized spacial score (nSPS) is 11.2. The van der Waals surface area contributed by atoms with E-state index in [9.17, 15) is 17.6 Å². The third-order valence-electron chi connectivity index (χ3n) is 7.78. The Morgan fingerprint density at radius 1 is 0.580 bits per heavy atom. The summed E-state index contributed by atoms with van der Waals surface area (Å²) < 4.78 is 62.9. The molecule has 272 valence electrons. The third-order valence-corrected chi connectivity index (χ3v) is 10.2. The van der Waals surface area contributed by atoms with E-state index in [0.29, 0.717) is 11.4 Å². The number of aryl methyl sites for hydroxylation is 6. The van der Waals surface area contributed by atoms with Gasteiger partial charge in [0.15, 0.2) is 0 Å². The molecule has 14 heteroatoms. The van der Waals surface area contributed by atoms with Gasteiger partial charge >= 0.3 is 312 Å². The van der Waals surface area contributed by atoms with Gasteiger partial charge in [-0.3, -0.25) is 0 Å². The monoisotopic (exact) mass is 1050 g/mol. The molecule has 2 aromatic carbocycles. The second kappa shape index (κ2) is 18.0. The van der Waals surface area contributed by atoms with Crippen LogP contribution < -0.4 is 10.2 Å². The molecular weight excluding hydrogens is 1010 g/mol. The Hall–Kier alpha value is -3.62. The molecule has 0 unspecified atom stereocenters. The average Bonchev–Trinajstić information content (AvgIpc) is 3.85. The van der Waals surface area contributed by atoms with Gasteiger partial charge in [0.1, 0.15) is 0 Å². The van der Waals surface area contributed by atoms with Gasteiger partial charge in [-0.15, -0.1) is 0 Å². The van der Waals surface area contributed by atoms with E-state index in [2.05, 4.69) is 80.4 Å². The first kappa shape index (κ1) is 37.6. The Bertz CT molecular complexity index is 1930. The summed E-state index contributed by atoms with van der Waals surface area (Å²) in [5.74, 6) is -2.60. The molecule has 0 bridgehead atoms. The number of benzene rings is 2. The van der Waals surface area contributed by atoms with Crippen LogP contribution in [0.15, 0.2) is 61.2 Å². The van der Waals surface area contributed by atoms with Crippen molar-refractivity contribution in [1.82, 2.24) is 38.7 Å². The molecule has 50 heavy (non-hydrogen) atoms. The molecule has 0 saturated carbocycles. The molecule has 0 aliphatic carbocycles. The standard InChI is InChI=1S/2C18H18F2N4.2Pt/c2*1-14-9-17(22-21-14)5-3-2-4-6-23-7-8-24(13-23)18-11-15(19)10-16(20)12-18;;/h2*7-11H,2-6H2,1H3;;/q2*-2;;. The van der Waals surface area contributed by atoms with Crippen molar-refractivity contribution >= 4 is 0 Å². The van der Waals surface area contributed by atoms with Gasteiger partial charge < -0.3 is 0 Å². The van der Waals surface area contributed by atoms with E-state index in [0.717, 1.165) is 107 Å². The first-order valence-corrected chi connectivity index (χ1v) is 18.5. The Morgan fingerprint density at radius 2 is 1.00 bits per heavy atom. The van der Waals surface area contributed by atoms with Gasteiger partial charge in [-0.05, 0) is 0 Å². The molecule has 4 heterocycles. The summed E-state index contributed by atoms with van der Waals surface area (Å²) in [6.07, 6.45) is 15.7. The van der Waals surface area contributed by atoms with Crippen molar-refractivity contribution in [3.8, 4) is 11.4 Å². The number of hydrogen-bond donors (Lipinski definition) is 0. The molecule has 0 fully saturated rings. The topological polar surface area (TPSA) is 73.7 Å². The maximum atomic E-state index is 13.4. The van der Waals surface area contributed by atoms with Crippen molar-refractivity contribution in [2.24, 2.45) is 0 Å². The van der Waals surface area contributed by atoms with Crippen molar-refractivity contribution in [1.29, 1.82) is 0 Å². The molecular formula is C36H36F4N8Pt2-4. The van der Waals surface area contributed by atoms with Gasteiger partial charge in [0.25, 0.3) is 0 Å². The summed E-state index contributed by atoms with van der Waals surface area (Å²) in [5.41, 5.74) is 4.77. The van der Waals surface area contributed by atoms with Crippen LogP contribution in [-0.2, 0) is 64.6 Å². The molecule has 6 rings (SSSR count). The average molecular weight is 1050 g/mol. The first-order valence-electron chi connectivity index (χ1n) is 16.2. The number of hydrogen-bond acceptors (Lipinski definition) is 2. The van der Waals surface area contributed by atoms with Gasteiger partial charge in [0, 0.05) is 0 Å². The number of halogens is 4. The zero-order valence-electron chi connectivity index (χ0n) is 27.6. The Balaban J connectivity index is 0.000000194. The third kappa shape index (κ3) is 10.7. The van der Waals surface area contributed by atoms with E-state index in [4.69, 9.17) is 0 Å². The number of unbranched alkanes of at least 4 members (excludes halogenated alkanes) is 4. The van der Waals surface area contributed by atoms with Crippen LogP contribution in [0.4, 0.5) is 17.6 Å². The second-order valence-electron chi connectivity index (χ2n) is 11.8. The van der Waals surface area contributed by atoms with Crippen LogP contribution in [0.25, 0.3) is 11.4 Å². The van der Waals surface area contributed by atoms with Crippen molar-refractivity contribution in [2.75, 3.05) is 0 Å². The molecule has 0 saturated heterocycles. The van der Waals surface area contributed by atoms with Gasteiger partial charge in [-0.1, -0.05) is 0 Å². The molecule has 0 atom stereocenters. The van der Waals surface area contributed by atoms with Crippen LogP contribution in [0.3, 0.4) is 0 Å². The quantitative estimate of drug-likeness (QED) is 0.0669. The van der Waals surface area contributed by atoms with Gasteiger partial charge in [-0.25, -0.2) is 0 Å². The predicted molar refractivity (Wildman–Crippen MR) is 171 cm³/mol. The molecule has 0 N–H and O–H groups in total. The van der Waals surface area contributed by atoms with E-state index >= 15 is 0 Å². The van der Waals surface area contributed by atoms with Crippen LogP contribution in [0.1, 0.15) is 61.3 Å². The van der Waals surface area contributed by atoms with E-state index in [1.54, 1.807) is 21.5 Å². The second-order valence-corrected chi connectivity index (χ2v) is 13.9. The molecule has 0 aliphatic rings. The van der Waals surface area contributed by atoms with Crippen molar-refractivity contribution in [3.05, 3.63) is 127 Å². The zero-order chi connectivity index (χ0) is 35.6. The minimum atomic E-state index is -0.697. The SMILES string of the molecule is Cc1cc(CCCCCn2ccn(-c3[c-]c(F)cc(F)c3)[c]2=[Pt])n[n-]1.Cc1cc(CCCCCn2ccn(-c3[c-]c(F)cc(F)c3)[c]2=[Pt])n[n-]1. The van der Waals surface area contributed by atoms with E-state index in [1.807, 2.05) is 38.4 Å². The molecule has 0 radical (unpaired) electrons. The Kier molecular flexibility index (Phi) is 13.6. The number of nitrogens with zero attached hydrogens (tertiary/aromatic N) is 8. The number of imidazole rings is 2. The molecule has 0 spiro atoms. The van der Waals surface area contributed by atoms with Crippen LogP contribution >= 0.6 is 0 Å². The van der Waals surface area contributed by atoms with E-state index < -0.39 is 23.3 Å². The molecule has 4 aromatic heterocycles. The Morgan fingerprint density at radius 3 is 1.36 bits per heavy atom. The van der Waals surface area contributed by atoms with Gasteiger partial charge in [0.05, 0.1) is 0 Å². The fourth-order valence-electron chi connectivity index (χ4n) is 5.36. The van der Waals surface area contributed by atoms with Crippen LogP contribution in [0.5, 0.6) is 0 Å². The number of aromatic nitrogens is 8. The summed E-state index contributed by atoms with van der Waals surface area (Å²) in [7, 11) is 0. The van der Waals surface area contributed by atoms with Crippen LogP contribution in [0.2, 0.25) is 0 Å². The van der Waals surface area contributed by atoms with Crippen molar-refractivity contribution in [2.45, 2.75) is 78.3 Å². The van der Waals surface area contributed by atoms with Crippen molar-refractivity contribution < 1.29 is 56.3 Å².